The van der Waals surface area contributed by atoms with Gasteiger partial charge in [-0.2, -0.15) is 0 Å². The molecular weight excluding hydrogens is 354 g/mol. The van der Waals surface area contributed by atoms with E-state index in [0.29, 0.717) is 5.56 Å². The molecule has 0 saturated heterocycles. The summed E-state index contributed by atoms with van der Waals surface area (Å²) in [5.41, 5.74) is 6.15. The zero-order valence-electron chi connectivity index (χ0n) is 15.4. The number of aromatic nitrogens is 2. The third-order valence-corrected chi connectivity index (χ3v) is 5.17. The van der Waals surface area contributed by atoms with Crippen molar-refractivity contribution in [3.63, 3.8) is 0 Å². The van der Waals surface area contributed by atoms with Crippen LogP contribution >= 0.6 is 11.3 Å². The number of thiazole rings is 1. The first kappa shape index (κ1) is 17.4. The largest absolute Gasteiger partial charge is 0.322 e. The van der Waals surface area contributed by atoms with E-state index in [4.69, 9.17) is 0 Å². The van der Waals surface area contributed by atoms with E-state index in [1.165, 1.54) is 0 Å². The van der Waals surface area contributed by atoms with Crippen molar-refractivity contribution in [1.29, 1.82) is 0 Å². The number of fused-ring (bicyclic) bond motifs is 1. The molecule has 0 fully saturated rings. The summed E-state index contributed by atoms with van der Waals surface area (Å²) in [6.45, 7) is 5.91. The number of amides is 1. The second-order valence-electron chi connectivity index (χ2n) is 6.62. The molecule has 0 radical (unpaired) electrons. The molecule has 134 valence electrons. The Morgan fingerprint density at radius 1 is 0.963 bits per heavy atom. The summed E-state index contributed by atoms with van der Waals surface area (Å²) >= 11 is 1.63. The van der Waals surface area contributed by atoms with Crippen molar-refractivity contribution in [1.82, 2.24) is 9.97 Å². The van der Waals surface area contributed by atoms with E-state index in [1.807, 2.05) is 74.7 Å². The van der Waals surface area contributed by atoms with Crippen LogP contribution in [0.1, 0.15) is 26.6 Å². The van der Waals surface area contributed by atoms with E-state index >= 15 is 0 Å². The van der Waals surface area contributed by atoms with Crippen molar-refractivity contribution in [3.05, 3.63) is 75.7 Å². The molecule has 2 aromatic carbocycles. The van der Waals surface area contributed by atoms with Crippen molar-refractivity contribution >= 4 is 33.8 Å². The molecule has 4 rings (SSSR count). The molecule has 1 amide bonds. The number of rotatable bonds is 3. The maximum Gasteiger partial charge on any atom is 0.256 e. The lowest BCUT2D eigenvalue weighted by molar-refractivity contribution is 0.102. The Morgan fingerprint density at radius 3 is 2.44 bits per heavy atom. The molecule has 4 nitrogen and oxygen atoms in total. The van der Waals surface area contributed by atoms with Gasteiger partial charge in [0.15, 0.2) is 0 Å². The van der Waals surface area contributed by atoms with Gasteiger partial charge in [0.1, 0.15) is 0 Å². The molecule has 0 bridgehead atoms. The standard InChI is InChI=1S/C22H19N3OS/c1-13-4-9-20-18(10-13)19(11-14(2)23-20)22(26)25-17-7-5-16(6-8-17)21-12-27-15(3)24-21/h4-12H,1-3H3,(H,25,26). The summed E-state index contributed by atoms with van der Waals surface area (Å²) < 4.78 is 0. The molecule has 0 aliphatic heterocycles. The SMILES string of the molecule is Cc1ccc2nc(C)cc(C(=O)Nc3ccc(-c4csc(C)n4)cc3)c2c1. The van der Waals surface area contributed by atoms with Crippen molar-refractivity contribution in [3.8, 4) is 11.3 Å². The highest BCUT2D eigenvalue weighted by atomic mass is 32.1. The number of pyridine rings is 1. The first-order valence-corrected chi connectivity index (χ1v) is 9.59. The van der Waals surface area contributed by atoms with Crippen LogP contribution in [0.25, 0.3) is 22.2 Å². The summed E-state index contributed by atoms with van der Waals surface area (Å²) in [6.07, 6.45) is 0. The molecule has 0 aliphatic carbocycles. The van der Waals surface area contributed by atoms with E-state index in [9.17, 15) is 4.79 Å². The smallest absolute Gasteiger partial charge is 0.256 e. The Labute approximate surface area is 161 Å². The molecule has 5 heteroatoms. The number of benzene rings is 2. The number of carbonyl (C=O) groups is 1. The average molecular weight is 373 g/mol. The lowest BCUT2D eigenvalue weighted by Gasteiger charge is -2.10. The summed E-state index contributed by atoms with van der Waals surface area (Å²) in [4.78, 5) is 21.9. The Balaban J connectivity index is 1.63. The number of hydrogen-bond acceptors (Lipinski definition) is 4. The van der Waals surface area contributed by atoms with E-state index in [1.54, 1.807) is 11.3 Å². The molecule has 2 heterocycles. The van der Waals surface area contributed by atoms with Crippen LogP contribution in [0.3, 0.4) is 0 Å². The Bertz CT molecular complexity index is 1150. The topological polar surface area (TPSA) is 54.9 Å². The van der Waals surface area contributed by atoms with Gasteiger partial charge in [0, 0.05) is 27.7 Å². The van der Waals surface area contributed by atoms with Crippen LogP contribution in [-0.4, -0.2) is 15.9 Å². The van der Waals surface area contributed by atoms with Crippen LogP contribution in [0.5, 0.6) is 0 Å². The third-order valence-electron chi connectivity index (χ3n) is 4.39. The van der Waals surface area contributed by atoms with Crippen molar-refractivity contribution in [2.75, 3.05) is 5.32 Å². The van der Waals surface area contributed by atoms with Gasteiger partial charge < -0.3 is 5.32 Å². The second-order valence-corrected chi connectivity index (χ2v) is 7.68. The predicted molar refractivity (Wildman–Crippen MR) is 111 cm³/mol. The van der Waals surface area contributed by atoms with Gasteiger partial charge in [0.05, 0.1) is 21.8 Å². The molecule has 0 atom stereocenters. The first-order valence-electron chi connectivity index (χ1n) is 8.71. The molecule has 0 spiro atoms. The van der Waals surface area contributed by atoms with Crippen LogP contribution in [0.2, 0.25) is 0 Å². The average Bonchev–Trinajstić information content (AvgIpc) is 3.08. The third kappa shape index (κ3) is 3.59. The zero-order valence-corrected chi connectivity index (χ0v) is 16.2. The molecule has 0 saturated carbocycles. The fourth-order valence-electron chi connectivity index (χ4n) is 3.08. The second kappa shape index (κ2) is 6.93. The Hall–Kier alpha value is -3.05. The quantitative estimate of drug-likeness (QED) is 0.513. The zero-order chi connectivity index (χ0) is 19.0. The lowest BCUT2D eigenvalue weighted by Crippen LogP contribution is -2.13. The van der Waals surface area contributed by atoms with Gasteiger partial charge in [-0.3, -0.25) is 9.78 Å². The highest BCUT2D eigenvalue weighted by molar-refractivity contribution is 7.09. The van der Waals surface area contributed by atoms with Gasteiger partial charge in [-0.15, -0.1) is 11.3 Å². The van der Waals surface area contributed by atoms with Crippen LogP contribution in [0.4, 0.5) is 5.69 Å². The first-order chi connectivity index (χ1) is 13.0. The number of aryl methyl sites for hydroxylation is 3. The summed E-state index contributed by atoms with van der Waals surface area (Å²) in [5.74, 6) is -0.131. The van der Waals surface area contributed by atoms with Crippen molar-refractivity contribution in [2.45, 2.75) is 20.8 Å². The molecular formula is C22H19N3OS. The van der Waals surface area contributed by atoms with Gasteiger partial charge in [-0.25, -0.2) is 4.98 Å². The summed E-state index contributed by atoms with van der Waals surface area (Å²) in [7, 11) is 0. The minimum atomic E-state index is -0.131. The van der Waals surface area contributed by atoms with Crippen molar-refractivity contribution < 1.29 is 4.79 Å². The highest BCUT2D eigenvalue weighted by Gasteiger charge is 2.13. The lowest BCUT2D eigenvalue weighted by atomic mass is 10.0. The van der Waals surface area contributed by atoms with Gasteiger partial charge >= 0.3 is 0 Å². The highest BCUT2D eigenvalue weighted by Crippen LogP contribution is 2.24. The van der Waals surface area contributed by atoms with Crippen LogP contribution in [0, 0.1) is 20.8 Å². The fraction of sp³-hybridized carbons (Fsp3) is 0.136. The van der Waals surface area contributed by atoms with Gasteiger partial charge in [0.25, 0.3) is 5.91 Å². The predicted octanol–water partition coefficient (Wildman–Crippen LogP) is 5.54. The maximum atomic E-state index is 12.9. The minimum Gasteiger partial charge on any atom is -0.322 e. The van der Waals surface area contributed by atoms with Crippen LogP contribution in [0.15, 0.2) is 53.9 Å². The van der Waals surface area contributed by atoms with E-state index in [2.05, 4.69) is 15.3 Å². The fourth-order valence-corrected chi connectivity index (χ4v) is 3.70. The maximum absolute atomic E-state index is 12.9. The monoisotopic (exact) mass is 373 g/mol. The molecule has 0 unspecified atom stereocenters. The van der Waals surface area contributed by atoms with Gasteiger partial charge in [-0.05, 0) is 51.1 Å². The Kier molecular flexibility index (Phi) is 4.46. The Morgan fingerprint density at radius 2 is 1.74 bits per heavy atom. The van der Waals surface area contributed by atoms with E-state index < -0.39 is 0 Å². The normalized spacial score (nSPS) is 10.9. The van der Waals surface area contributed by atoms with Crippen LogP contribution in [-0.2, 0) is 0 Å². The van der Waals surface area contributed by atoms with Gasteiger partial charge in [-0.1, -0.05) is 23.8 Å². The van der Waals surface area contributed by atoms with Crippen molar-refractivity contribution in [2.24, 2.45) is 0 Å². The van der Waals surface area contributed by atoms with Crippen LogP contribution < -0.4 is 5.32 Å². The number of anilines is 1. The molecule has 4 aromatic rings. The molecule has 2 aromatic heterocycles. The molecule has 27 heavy (non-hydrogen) atoms. The van der Waals surface area contributed by atoms with E-state index in [-0.39, 0.29) is 5.91 Å². The number of carbonyl (C=O) groups excluding carboxylic acids is 1. The molecule has 1 N–H and O–H groups in total. The summed E-state index contributed by atoms with van der Waals surface area (Å²) in [6, 6.07) is 15.6. The van der Waals surface area contributed by atoms with Gasteiger partial charge in [0.2, 0.25) is 0 Å². The van der Waals surface area contributed by atoms with E-state index in [0.717, 1.165) is 44.1 Å². The number of nitrogens with zero attached hydrogens (tertiary/aromatic N) is 2. The molecule has 0 aliphatic rings. The number of hydrogen-bond donors (Lipinski definition) is 1. The summed E-state index contributed by atoms with van der Waals surface area (Å²) in [5, 5.41) is 6.94. The number of nitrogens with one attached hydrogen (secondary N) is 1. The minimum absolute atomic E-state index is 0.131.